The minimum absolute atomic E-state index is 0.410. The second-order valence-electron chi connectivity index (χ2n) is 4.04. The van der Waals surface area contributed by atoms with Gasteiger partial charge in [-0.05, 0) is 24.6 Å². The smallest absolute Gasteiger partial charge is 0.313 e. The molecule has 0 aliphatic rings. The number of aliphatic carboxylic acids is 1. The molecule has 0 saturated carbocycles. The van der Waals surface area contributed by atoms with Crippen molar-refractivity contribution < 1.29 is 15.0 Å². The summed E-state index contributed by atoms with van der Waals surface area (Å²) in [5.41, 5.74) is 2.28. The average Bonchev–Trinajstić information content (AvgIpc) is 2.55. The van der Waals surface area contributed by atoms with Crippen LogP contribution in [0.4, 0.5) is 0 Å². The number of benzene rings is 1. The van der Waals surface area contributed by atoms with Crippen LogP contribution in [0.3, 0.4) is 0 Å². The number of carboxylic acid groups (broad SMARTS) is 1. The summed E-state index contributed by atoms with van der Waals surface area (Å²) in [6.45, 7) is 1.48. The van der Waals surface area contributed by atoms with E-state index in [0.717, 1.165) is 16.9 Å². The molecule has 90 valence electrons. The Labute approximate surface area is 98.3 Å². The van der Waals surface area contributed by atoms with Crippen molar-refractivity contribution in [2.45, 2.75) is 12.8 Å². The van der Waals surface area contributed by atoms with Crippen LogP contribution in [0.2, 0.25) is 0 Å². The zero-order valence-corrected chi connectivity index (χ0v) is 9.71. The van der Waals surface area contributed by atoms with Gasteiger partial charge >= 0.3 is 5.97 Å². The van der Waals surface area contributed by atoms with Gasteiger partial charge in [0.15, 0.2) is 0 Å². The van der Waals surface area contributed by atoms with Crippen molar-refractivity contribution in [2.24, 2.45) is 7.05 Å². The van der Waals surface area contributed by atoms with Gasteiger partial charge < -0.3 is 14.8 Å². The van der Waals surface area contributed by atoms with Crippen LogP contribution in [0.1, 0.15) is 17.3 Å². The number of hydrogen-bond donors (Lipinski definition) is 2. The topological polar surface area (TPSA) is 75.3 Å². The molecule has 0 fully saturated rings. The highest BCUT2D eigenvalue weighted by Crippen LogP contribution is 2.22. The first-order chi connectivity index (χ1) is 8.04. The highest BCUT2D eigenvalue weighted by molar-refractivity contribution is 5.81. The lowest BCUT2D eigenvalue weighted by molar-refractivity contribution is -0.139. The maximum Gasteiger partial charge on any atom is 0.313 e. The Morgan fingerprint density at radius 2 is 2.24 bits per heavy atom. The van der Waals surface area contributed by atoms with Gasteiger partial charge in [-0.1, -0.05) is 6.07 Å². The second-order valence-corrected chi connectivity index (χ2v) is 4.04. The number of nitrogens with zero attached hydrogens (tertiary/aromatic N) is 2. The summed E-state index contributed by atoms with van der Waals surface area (Å²) in [6.07, 6.45) is 0. The molecule has 1 atom stereocenters. The van der Waals surface area contributed by atoms with Crippen LogP contribution in [0, 0.1) is 6.92 Å². The molecule has 0 saturated heterocycles. The van der Waals surface area contributed by atoms with Crippen LogP contribution in [-0.4, -0.2) is 32.3 Å². The van der Waals surface area contributed by atoms with E-state index in [9.17, 15) is 4.79 Å². The first kappa shape index (κ1) is 11.6. The third kappa shape index (κ3) is 1.89. The van der Waals surface area contributed by atoms with Crippen LogP contribution in [0.15, 0.2) is 18.2 Å². The zero-order valence-electron chi connectivity index (χ0n) is 9.71. The van der Waals surface area contributed by atoms with Crippen LogP contribution >= 0.6 is 0 Å². The van der Waals surface area contributed by atoms with E-state index in [2.05, 4.69) is 4.98 Å². The van der Waals surface area contributed by atoms with E-state index in [1.807, 2.05) is 24.6 Å². The van der Waals surface area contributed by atoms with E-state index in [4.69, 9.17) is 10.2 Å². The molecular weight excluding hydrogens is 220 g/mol. The number of hydrogen-bond acceptors (Lipinski definition) is 3. The van der Waals surface area contributed by atoms with Crippen LogP contribution in [0.25, 0.3) is 11.0 Å². The number of aromatic nitrogens is 2. The number of fused-ring (bicyclic) bond motifs is 1. The molecule has 0 amide bonds. The van der Waals surface area contributed by atoms with Crippen molar-refractivity contribution in [3.63, 3.8) is 0 Å². The highest BCUT2D eigenvalue weighted by Gasteiger charge is 2.19. The third-order valence-electron chi connectivity index (χ3n) is 3.01. The first-order valence-electron chi connectivity index (χ1n) is 5.31. The summed E-state index contributed by atoms with van der Waals surface area (Å²) >= 11 is 0. The Balaban J connectivity index is 2.54. The monoisotopic (exact) mass is 234 g/mol. The fourth-order valence-electron chi connectivity index (χ4n) is 1.88. The molecule has 5 nitrogen and oxygen atoms in total. The Bertz CT molecular complexity index is 574. The number of rotatable bonds is 3. The molecule has 1 heterocycles. The lowest BCUT2D eigenvalue weighted by Gasteiger charge is -2.09. The van der Waals surface area contributed by atoms with E-state index in [0.29, 0.717) is 5.56 Å². The molecule has 1 aromatic heterocycles. The van der Waals surface area contributed by atoms with E-state index >= 15 is 0 Å². The summed E-state index contributed by atoms with van der Waals surface area (Å²) in [5, 5.41) is 18.0. The van der Waals surface area contributed by atoms with Gasteiger partial charge in [0.05, 0.1) is 17.6 Å². The predicted octanol–water partition coefficient (Wildman–Crippen LogP) is 1.04. The van der Waals surface area contributed by atoms with Gasteiger partial charge in [0, 0.05) is 7.05 Å². The number of carbonyl (C=O) groups is 1. The van der Waals surface area contributed by atoms with Crippen molar-refractivity contribution in [1.29, 1.82) is 0 Å². The molecule has 2 rings (SSSR count). The molecule has 5 heteroatoms. The van der Waals surface area contributed by atoms with E-state index in [-0.39, 0.29) is 0 Å². The standard InChI is InChI=1S/C12H14N2O3/c1-7-13-10-5-8(9(6-15)12(16)17)3-4-11(10)14(7)2/h3-5,9,15H,6H2,1-2H3,(H,16,17). The SMILES string of the molecule is Cc1nc2cc(C(CO)C(=O)O)ccc2n1C. The van der Waals surface area contributed by atoms with E-state index < -0.39 is 18.5 Å². The fraction of sp³-hybridized carbons (Fsp3) is 0.333. The largest absolute Gasteiger partial charge is 0.481 e. The fourth-order valence-corrected chi connectivity index (χ4v) is 1.88. The van der Waals surface area contributed by atoms with Gasteiger partial charge in [-0.25, -0.2) is 4.98 Å². The second kappa shape index (κ2) is 4.18. The quantitative estimate of drug-likeness (QED) is 0.832. The molecule has 2 aromatic rings. The molecule has 0 aliphatic carbocycles. The number of carboxylic acids is 1. The normalized spacial score (nSPS) is 12.9. The summed E-state index contributed by atoms with van der Waals surface area (Å²) in [6, 6.07) is 5.27. The Morgan fingerprint density at radius 3 is 2.82 bits per heavy atom. The van der Waals surface area contributed by atoms with Crippen LogP contribution in [0.5, 0.6) is 0 Å². The minimum atomic E-state index is -1.03. The Morgan fingerprint density at radius 1 is 1.53 bits per heavy atom. The summed E-state index contributed by atoms with van der Waals surface area (Å²) in [7, 11) is 1.91. The van der Waals surface area contributed by atoms with Gasteiger partial charge in [0.25, 0.3) is 0 Å². The molecule has 1 aromatic carbocycles. The molecular formula is C12H14N2O3. The maximum atomic E-state index is 11.0. The van der Waals surface area contributed by atoms with Crippen molar-refractivity contribution in [3.8, 4) is 0 Å². The number of aryl methyl sites for hydroxylation is 2. The van der Waals surface area contributed by atoms with Gasteiger partial charge in [-0.15, -0.1) is 0 Å². The van der Waals surface area contributed by atoms with Crippen LogP contribution < -0.4 is 0 Å². The number of aliphatic hydroxyl groups excluding tert-OH is 1. The Kier molecular flexibility index (Phi) is 2.85. The average molecular weight is 234 g/mol. The third-order valence-corrected chi connectivity index (χ3v) is 3.01. The van der Waals surface area contributed by atoms with E-state index in [1.165, 1.54) is 0 Å². The summed E-state index contributed by atoms with van der Waals surface area (Å²) in [5.74, 6) is -1.05. The lowest BCUT2D eigenvalue weighted by Crippen LogP contribution is -2.15. The molecule has 1 unspecified atom stereocenters. The summed E-state index contributed by atoms with van der Waals surface area (Å²) < 4.78 is 1.94. The van der Waals surface area contributed by atoms with Crippen molar-refractivity contribution >= 4 is 17.0 Å². The van der Waals surface area contributed by atoms with Crippen molar-refractivity contribution in [1.82, 2.24) is 9.55 Å². The zero-order chi connectivity index (χ0) is 12.6. The van der Waals surface area contributed by atoms with Crippen LogP contribution in [-0.2, 0) is 11.8 Å². The molecule has 0 radical (unpaired) electrons. The molecule has 0 bridgehead atoms. The Hall–Kier alpha value is -1.88. The highest BCUT2D eigenvalue weighted by atomic mass is 16.4. The number of aliphatic hydroxyl groups is 1. The predicted molar refractivity (Wildman–Crippen MR) is 62.9 cm³/mol. The molecule has 17 heavy (non-hydrogen) atoms. The van der Waals surface area contributed by atoms with Gasteiger partial charge in [0.2, 0.25) is 0 Å². The summed E-state index contributed by atoms with van der Waals surface area (Å²) in [4.78, 5) is 15.3. The molecule has 0 spiro atoms. The van der Waals surface area contributed by atoms with Crippen molar-refractivity contribution in [3.05, 3.63) is 29.6 Å². The molecule has 2 N–H and O–H groups in total. The van der Waals surface area contributed by atoms with E-state index in [1.54, 1.807) is 12.1 Å². The minimum Gasteiger partial charge on any atom is -0.481 e. The lowest BCUT2D eigenvalue weighted by atomic mass is 10.00. The van der Waals surface area contributed by atoms with Gasteiger partial charge in [-0.2, -0.15) is 0 Å². The first-order valence-corrected chi connectivity index (χ1v) is 5.31. The molecule has 0 aliphatic heterocycles. The number of imidazole rings is 1. The maximum absolute atomic E-state index is 11.0. The van der Waals surface area contributed by atoms with Gasteiger partial charge in [0.1, 0.15) is 11.7 Å². The van der Waals surface area contributed by atoms with Gasteiger partial charge in [-0.3, -0.25) is 4.79 Å². The van der Waals surface area contributed by atoms with Crippen molar-refractivity contribution in [2.75, 3.05) is 6.61 Å².